The smallest absolute Gasteiger partial charge is 0.280 e. The Morgan fingerprint density at radius 3 is 2.00 bits per heavy atom. The topological polar surface area (TPSA) is 63.8 Å². The van der Waals surface area contributed by atoms with Gasteiger partial charge in [0.15, 0.2) is 0 Å². The first-order valence-corrected chi connectivity index (χ1v) is 9.55. The van der Waals surface area contributed by atoms with Crippen molar-refractivity contribution in [3.05, 3.63) is 102 Å². The van der Waals surface area contributed by atoms with Gasteiger partial charge in [-0.3, -0.25) is 9.36 Å². The van der Waals surface area contributed by atoms with Gasteiger partial charge in [-0.05, 0) is 29.8 Å². The molecule has 5 nitrogen and oxygen atoms in total. The van der Waals surface area contributed by atoms with Gasteiger partial charge < -0.3 is 9.84 Å². The zero-order chi connectivity index (χ0) is 20.7. The number of aromatic nitrogens is 1. The van der Waals surface area contributed by atoms with Gasteiger partial charge in [-0.2, -0.15) is 0 Å². The molecule has 0 unspecified atom stereocenters. The van der Waals surface area contributed by atoms with Crippen LogP contribution in [0.4, 0.5) is 0 Å². The van der Waals surface area contributed by atoms with Crippen LogP contribution >= 0.6 is 0 Å². The van der Waals surface area contributed by atoms with E-state index >= 15 is 0 Å². The molecule has 5 rings (SSSR count). The molecule has 1 amide bonds. The molecule has 1 N–H and O–H groups in total. The molecule has 1 aliphatic heterocycles. The van der Waals surface area contributed by atoms with Crippen LogP contribution in [0.15, 0.2) is 89.9 Å². The Balaban J connectivity index is 1.81. The van der Waals surface area contributed by atoms with E-state index < -0.39 is 0 Å². The first kappa shape index (κ1) is 17.9. The number of rotatable bonds is 4. The molecule has 0 aliphatic carbocycles. The van der Waals surface area contributed by atoms with E-state index in [-0.39, 0.29) is 11.8 Å². The van der Waals surface area contributed by atoms with Gasteiger partial charge in [0.1, 0.15) is 5.75 Å². The van der Waals surface area contributed by atoms with E-state index in [0.29, 0.717) is 28.3 Å². The Morgan fingerprint density at radius 2 is 1.40 bits per heavy atom. The van der Waals surface area contributed by atoms with E-state index in [1.165, 1.54) is 0 Å². The van der Waals surface area contributed by atoms with Gasteiger partial charge in [-0.1, -0.05) is 60.7 Å². The van der Waals surface area contributed by atoms with Crippen molar-refractivity contribution in [1.29, 1.82) is 0 Å². The molecule has 0 spiro atoms. The van der Waals surface area contributed by atoms with Crippen molar-refractivity contribution in [3.8, 4) is 28.6 Å². The van der Waals surface area contributed by atoms with Crippen LogP contribution in [-0.4, -0.2) is 28.4 Å². The van der Waals surface area contributed by atoms with Crippen LogP contribution in [0.2, 0.25) is 0 Å². The van der Waals surface area contributed by atoms with Crippen molar-refractivity contribution in [1.82, 2.24) is 4.57 Å². The molecule has 146 valence electrons. The summed E-state index contributed by atoms with van der Waals surface area (Å²) in [6.45, 7) is 0. The fourth-order valence-corrected chi connectivity index (χ4v) is 3.86. The zero-order valence-electron chi connectivity index (χ0n) is 16.2. The lowest BCUT2D eigenvalue weighted by Gasteiger charge is -2.13. The van der Waals surface area contributed by atoms with E-state index in [1.54, 1.807) is 11.7 Å². The highest BCUT2D eigenvalue weighted by Gasteiger charge is 2.36. The highest BCUT2D eigenvalue weighted by atomic mass is 16.5. The van der Waals surface area contributed by atoms with Crippen molar-refractivity contribution in [2.24, 2.45) is 4.99 Å². The number of carbonyl (C=O) groups excluding carboxylic acids is 1. The maximum absolute atomic E-state index is 13.0. The van der Waals surface area contributed by atoms with Gasteiger partial charge >= 0.3 is 0 Å². The average molecular weight is 394 g/mol. The second kappa shape index (κ2) is 7.04. The van der Waals surface area contributed by atoms with E-state index in [1.807, 2.05) is 84.9 Å². The highest BCUT2D eigenvalue weighted by molar-refractivity contribution is 6.30. The molecule has 0 bridgehead atoms. The lowest BCUT2D eigenvalue weighted by Crippen LogP contribution is -2.02. The second-order valence-corrected chi connectivity index (χ2v) is 6.95. The van der Waals surface area contributed by atoms with Gasteiger partial charge in [-0.25, -0.2) is 4.99 Å². The van der Waals surface area contributed by atoms with Crippen molar-refractivity contribution in [2.45, 2.75) is 0 Å². The molecule has 5 heteroatoms. The molecule has 0 fully saturated rings. The van der Waals surface area contributed by atoms with Crippen LogP contribution in [0.5, 0.6) is 11.6 Å². The number of fused-ring (bicyclic) bond motifs is 1. The maximum atomic E-state index is 13.0. The molecular weight excluding hydrogens is 376 g/mol. The average Bonchev–Trinajstić information content (AvgIpc) is 3.30. The minimum absolute atomic E-state index is 0.0116. The maximum Gasteiger partial charge on any atom is 0.280 e. The number of methoxy groups -OCH3 is 1. The first-order valence-electron chi connectivity index (χ1n) is 9.55. The Labute approximate surface area is 173 Å². The summed E-state index contributed by atoms with van der Waals surface area (Å²) in [5.74, 6) is 0.342. The number of aliphatic imine (C=N–C) groups is 1. The second-order valence-electron chi connectivity index (χ2n) is 6.95. The van der Waals surface area contributed by atoms with Crippen molar-refractivity contribution in [3.63, 3.8) is 0 Å². The molecule has 0 saturated carbocycles. The molecular formula is C25H18N2O3. The molecule has 0 saturated heterocycles. The standard InChI is InChI=1S/C25H18N2O3/c1-30-19-14-12-18(13-15-19)27-23(17-10-6-3-7-11-17)21-20(25(27)29)22(26-24(21)28)16-8-4-2-5-9-16/h2-15,29H,1H3. The van der Waals surface area contributed by atoms with Crippen molar-refractivity contribution in [2.75, 3.05) is 7.11 Å². The Morgan fingerprint density at radius 1 is 0.800 bits per heavy atom. The molecule has 30 heavy (non-hydrogen) atoms. The van der Waals surface area contributed by atoms with E-state index in [2.05, 4.69) is 4.99 Å². The number of amides is 1. The molecule has 1 aliphatic rings. The van der Waals surface area contributed by atoms with Crippen LogP contribution in [0, 0.1) is 0 Å². The fraction of sp³-hybridized carbons (Fsp3) is 0.0400. The molecule has 0 radical (unpaired) electrons. The minimum Gasteiger partial charge on any atom is -0.497 e. The van der Waals surface area contributed by atoms with Crippen LogP contribution in [0.25, 0.3) is 16.9 Å². The number of hydrogen-bond donors (Lipinski definition) is 1. The molecule has 1 aromatic heterocycles. The predicted octanol–water partition coefficient (Wildman–Crippen LogP) is 4.85. The zero-order valence-corrected chi connectivity index (χ0v) is 16.2. The summed E-state index contributed by atoms with van der Waals surface area (Å²) in [7, 11) is 1.60. The predicted molar refractivity (Wildman–Crippen MR) is 116 cm³/mol. The van der Waals surface area contributed by atoms with Crippen LogP contribution in [0.3, 0.4) is 0 Å². The van der Waals surface area contributed by atoms with Gasteiger partial charge in [0.25, 0.3) is 5.91 Å². The minimum atomic E-state index is -0.356. The highest BCUT2D eigenvalue weighted by Crippen LogP contribution is 2.43. The summed E-state index contributed by atoms with van der Waals surface area (Å²) < 4.78 is 6.96. The Kier molecular flexibility index (Phi) is 4.21. The normalized spacial score (nSPS) is 12.6. The summed E-state index contributed by atoms with van der Waals surface area (Å²) in [5, 5.41) is 11.3. The van der Waals surface area contributed by atoms with Crippen LogP contribution < -0.4 is 4.74 Å². The fourth-order valence-electron chi connectivity index (χ4n) is 3.86. The lowest BCUT2D eigenvalue weighted by atomic mass is 10.0. The number of hydrogen-bond acceptors (Lipinski definition) is 3. The van der Waals surface area contributed by atoms with Crippen molar-refractivity contribution >= 4 is 11.6 Å². The van der Waals surface area contributed by atoms with Crippen molar-refractivity contribution < 1.29 is 14.6 Å². The van der Waals surface area contributed by atoms with Crippen LogP contribution in [0.1, 0.15) is 21.5 Å². The molecule has 4 aromatic rings. The van der Waals surface area contributed by atoms with E-state index in [0.717, 1.165) is 16.8 Å². The third-order valence-corrected chi connectivity index (χ3v) is 5.23. The van der Waals surface area contributed by atoms with E-state index in [4.69, 9.17) is 4.74 Å². The number of nitrogens with zero attached hydrogens (tertiary/aromatic N) is 2. The van der Waals surface area contributed by atoms with Gasteiger partial charge in [0, 0.05) is 11.3 Å². The van der Waals surface area contributed by atoms with Gasteiger partial charge in [0.2, 0.25) is 5.88 Å². The molecule has 2 heterocycles. The summed E-state index contributed by atoms with van der Waals surface area (Å²) in [5.41, 5.74) is 4.30. The first-order chi connectivity index (χ1) is 14.7. The summed E-state index contributed by atoms with van der Waals surface area (Å²) in [6, 6.07) is 26.3. The lowest BCUT2D eigenvalue weighted by molar-refractivity contribution is 0.101. The summed E-state index contributed by atoms with van der Waals surface area (Å²) >= 11 is 0. The Bertz CT molecular complexity index is 1270. The van der Waals surface area contributed by atoms with Crippen LogP contribution in [-0.2, 0) is 0 Å². The van der Waals surface area contributed by atoms with Gasteiger partial charge in [0.05, 0.1) is 29.6 Å². The summed E-state index contributed by atoms with van der Waals surface area (Å²) in [6.07, 6.45) is 0. The quantitative estimate of drug-likeness (QED) is 0.538. The number of ether oxygens (including phenoxy) is 1. The molecule has 3 aromatic carbocycles. The largest absolute Gasteiger partial charge is 0.497 e. The van der Waals surface area contributed by atoms with Gasteiger partial charge in [-0.15, -0.1) is 0 Å². The Hall–Kier alpha value is -4.12. The molecule has 0 atom stereocenters. The monoisotopic (exact) mass is 394 g/mol. The third-order valence-electron chi connectivity index (χ3n) is 5.23. The number of benzene rings is 3. The number of aromatic hydroxyl groups is 1. The number of carbonyl (C=O) groups is 1. The summed E-state index contributed by atoms with van der Waals surface area (Å²) in [4.78, 5) is 17.3. The SMILES string of the molecule is COc1ccc(-n2c(O)c3c(c2-c2ccccc2)C(=O)N=C3c2ccccc2)cc1. The van der Waals surface area contributed by atoms with E-state index in [9.17, 15) is 9.90 Å². The third kappa shape index (κ3) is 2.71.